The minimum Gasteiger partial charge on any atom is -0.496 e. The van der Waals surface area contributed by atoms with Crippen LogP contribution in [0.4, 0.5) is 5.69 Å². The molecule has 2 aromatic rings. The molecule has 2 aromatic carbocycles. The van der Waals surface area contributed by atoms with Gasteiger partial charge >= 0.3 is 5.97 Å². The van der Waals surface area contributed by atoms with Crippen molar-refractivity contribution in [3.8, 4) is 5.75 Å². The second-order valence-corrected chi connectivity index (χ2v) is 5.90. The fraction of sp³-hybridized carbons (Fsp3) is 0.176. The van der Waals surface area contributed by atoms with E-state index in [2.05, 4.69) is 5.32 Å². The highest BCUT2D eigenvalue weighted by Gasteiger charge is 2.17. The maximum atomic E-state index is 12.1. The van der Waals surface area contributed by atoms with E-state index < -0.39 is 18.5 Å². The number of amides is 1. The van der Waals surface area contributed by atoms with Crippen molar-refractivity contribution in [1.29, 1.82) is 0 Å². The average Bonchev–Trinajstić information content (AvgIpc) is 2.59. The predicted octanol–water partition coefficient (Wildman–Crippen LogP) is 3.06. The number of carbonyl (C=O) groups excluding carboxylic acids is 2. The second kappa shape index (κ2) is 8.60. The van der Waals surface area contributed by atoms with Crippen LogP contribution in [0.3, 0.4) is 0 Å². The molecule has 3 N–H and O–H groups in total. The topological polar surface area (TPSA) is 90.7 Å². The van der Waals surface area contributed by atoms with Gasteiger partial charge in [-0.15, -0.1) is 0 Å². The number of anilines is 1. The van der Waals surface area contributed by atoms with Gasteiger partial charge in [-0.2, -0.15) is 0 Å². The first-order chi connectivity index (χ1) is 11.9. The van der Waals surface area contributed by atoms with E-state index in [-0.39, 0.29) is 28.6 Å². The Kier molecular flexibility index (Phi) is 6.50. The molecule has 0 bridgehead atoms. The molecule has 0 spiro atoms. The number of rotatable bonds is 6. The van der Waals surface area contributed by atoms with Gasteiger partial charge < -0.3 is 20.5 Å². The Morgan fingerprint density at radius 1 is 1.20 bits per heavy atom. The van der Waals surface area contributed by atoms with Crippen molar-refractivity contribution in [3.05, 3.63) is 57.6 Å². The summed E-state index contributed by atoms with van der Waals surface area (Å²) in [4.78, 5) is 23.9. The van der Waals surface area contributed by atoms with Gasteiger partial charge in [0.15, 0.2) is 6.61 Å². The molecular weight excluding hydrogens is 367 g/mol. The number of benzene rings is 2. The lowest BCUT2D eigenvalue weighted by Gasteiger charge is -2.11. The first kappa shape index (κ1) is 18.9. The summed E-state index contributed by atoms with van der Waals surface area (Å²) in [5.74, 6) is -0.975. The van der Waals surface area contributed by atoms with Crippen molar-refractivity contribution in [2.75, 3.05) is 19.5 Å². The summed E-state index contributed by atoms with van der Waals surface area (Å²) >= 11 is 11.8. The zero-order valence-corrected chi connectivity index (χ0v) is 14.9. The van der Waals surface area contributed by atoms with Crippen molar-refractivity contribution in [3.63, 3.8) is 0 Å². The number of halogens is 2. The van der Waals surface area contributed by atoms with E-state index in [1.165, 1.54) is 19.2 Å². The van der Waals surface area contributed by atoms with Gasteiger partial charge in [0.25, 0.3) is 5.91 Å². The lowest BCUT2D eigenvalue weighted by atomic mass is 10.2. The van der Waals surface area contributed by atoms with Crippen LogP contribution >= 0.6 is 23.2 Å². The average molecular weight is 383 g/mol. The second-order valence-electron chi connectivity index (χ2n) is 5.06. The summed E-state index contributed by atoms with van der Waals surface area (Å²) in [6.07, 6.45) is 0. The molecule has 25 heavy (non-hydrogen) atoms. The van der Waals surface area contributed by atoms with E-state index in [4.69, 9.17) is 38.4 Å². The molecule has 0 atom stereocenters. The molecule has 0 fully saturated rings. The molecule has 0 aliphatic carbocycles. The third-order valence-electron chi connectivity index (χ3n) is 3.25. The number of esters is 1. The zero-order chi connectivity index (χ0) is 18.4. The van der Waals surface area contributed by atoms with Gasteiger partial charge in [0, 0.05) is 17.6 Å². The van der Waals surface area contributed by atoms with Crippen LogP contribution in [0, 0.1) is 0 Å². The van der Waals surface area contributed by atoms with Crippen LogP contribution in [0.2, 0.25) is 10.0 Å². The van der Waals surface area contributed by atoms with Gasteiger partial charge in [0.1, 0.15) is 11.3 Å². The Labute approximate surface area is 154 Å². The number of hydrogen-bond donors (Lipinski definition) is 2. The number of carbonyl (C=O) groups is 2. The minimum atomic E-state index is -0.739. The largest absolute Gasteiger partial charge is 0.496 e. The number of methoxy groups -OCH3 is 1. The molecule has 0 aromatic heterocycles. The highest BCUT2D eigenvalue weighted by Crippen LogP contribution is 2.29. The molecule has 8 heteroatoms. The Morgan fingerprint density at radius 3 is 2.64 bits per heavy atom. The molecule has 6 nitrogen and oxygen atoms in total. The van der Waals surface area contributed by atoms with E-state index in [1.807, 2.05) is 6.07 Å². The van der Waals surface area contributed by atoms with Gasteiger partial charge in [-0.1, -0.05) is 35.3 Å². The fourth-order valence-electron chi connectivity index (χ4n) is 2.00. The molecule has 0 radical (unpaired) electrons. The van der Waals surface area contributed by atoms with Crippen LogP contribution < -0.4 is 15.8 Å². The summed E-state index contributed by atoms with van der Waals surface area (Å²) in [5, 5.41) is 3.40. The molecule has 132 valence electrons. The SMILES string of the molecule is COc1cc(N)c(Cl)cc1C(=O)OCC(=O)NCc1cccc(Cl)c1. The Hall–Kier alpha value is -2.44. The molecule has 0 saturated heterocycles. The summed E-state index contributed by atoms with van der Waals surface area (Å²) in [7, 11) is 1.39. The first-order valence-electron chi connectivity index (χ1n) is 7.22. The summed E-state index contributed by atoms with van der Waals surface area (Å²) in [6, 6.07) is 9.81. The monoisotopic (exact) mass is 382 g/mol. The van der Waals surface area contributed by atoms with Crippen molar-refractivity contribution < 1.29 is 19.1 Å². The number of hydrogen-bond acceptors (Lipinski definition) is 5. The molecule has 0 aliphatic rings. The summed E-state index contributed by atoms with van der Waals surface area (Å²) < 4.78 is 10.1. The van der Waals surface area contributed by atoms with Crippen LogP contribution in [0.15, 0.2) is 36.4 Å². The number of nitrogen functional groups attached to an aromatic ring is 1. The van der Waals surface area contributed by atoms with E-state index in [1.54, 1.807) is 18.2 Å². The maximum absolute atomic E-state index is 12.1. The van der Waals surface area contributed by atoms with Gasteiger partial charge in [0.2, 0.25) is 0 Å². The van der Waals surface area contributed by atoms with Crippen LogP contribution in [0.25, 0.3) is 0 Å². The standard InChI is InChI=1S/C17H16Cl2N2O4/c1-24-15-7-14(20)13(19)6-12(15)17(23)25-9-16(22)21-8-10-3-2-4-11(18)5-10/h2-7H,8-9,20H2,1H3,(H,21,22). The van der Waals surface area contributed by atoms with Crippen LogP contribution in [0.5, 0.6) is 5.75 Å². The smallest absolute Gasteiger partial charge is 0.342 e. The van der Waals surface area contributed by atoms with Gasteiger partial charge in [0.05, 0.1) is 17.8 Å². The van der Waals surface area contributed by atoms with E-state index >= 15 is 0 Å². The Bertz CT molecular complexity index is 796. The van der Waals surface area contributed by atoms with Crippen molar-refractivity contribution in [2.24, 2.45) is 0 Å². The fourth-order valence-corrected chi connectivity index (χ4v) is 2.38. The Balaban J connectivity index is 1.91. The molecule has 0 heterocycles. The van der Waals surface area contributed by atoms with E-state index in [9.17, 15) is 9.59 Å². The predicted molar refractivity (Wildman–Crippen MR) is 96.0 cm³/mol. The van der Waals surface area contributed by atoms with Crippen molar-refractivity contribution in [2.45, 2.75) is 6.54 Å². The highest BCUT2D eigenvalue weighted by atomic mass is 35.5. The van der Waals surface area contributed by atoms with E-state index in [0.29, 0.717) is 5.02 Å². The first-order valence-corrected chi connectivity index (χ1v) is 7.97. The van der Waals surface area contributed by atoms with Crippen LogP contribution in [-0.4, -0.2) is 25.6 Å². The van der Waals surface area contributed by atoms with Crippen LogP contribution in [0.1, 0.15) is 15.9 Å². The number of nitrogens with one attached hydrogen (secondary N) is 1. The maximum Gasteiger partial charge on any atom is 0.342 e. The molecule has 0 saturated carbocycles. The number of nitrogens with two attached hydrogens (primary N) is 1. The summed E-state index contributed by atoms with van der Waals surface area (Å²) in [6.45, 7) is -0.168. The van der Waals surface area contributed by atoms with Gasteiger partial charge in [-0.05, 0) is 23.8 Å². The molecule has 2 rings (SSSR count). The van der Waals surface area contributed by atoms with Gasteiger partial charge in [-0.25, -0.2) is 4.79 Å². The van der Waals surface area contributed by atoms with Crippen molar-refractivity contribution in [1.82, 2.24) is 5.32 Å². The summed E-state index contributed by atoms with van der Waals surface area (Å²) in [5.41, 5.74) is 6.85. The molecule has 0 aliphatic heterocycles. The third kappa shape index (κ3) is 5.27. The molecular formula is C17H16Cl2N2O4. The third-order valence-corrected chi connectivity index (χ3v) is 3.81. The molecule has 1 amide bonds. The zero-order valence-electron chi connectivity index (χ0n) is 13.3. The quantitative estimate of drug-likeness (QED) is 0.591. The molecule has 0 unspecified atom stereocenters. The lowest BCUT2D eigenvalue weighted by Crippen LogP contribution is -2.28. The minimum absolute atomic E-state index is 0.0874. The normalized spacial score (nSPS) is 10.2. The van der Waals surface area contributed by atoms with E-state index in [0.717, 1.165) is 5.56 Å². The Morgan fingerprint density at radius 2 is 1.96 bits per heavy atom. The van der Waals surface area contributed by atoms with Crippen LogP contribution in [-0.2, 0) is 16.1 Å². The van der Waals surface area contributed by atoms with Gasteiger partial charge in [-0.3, -0.25) is 4.79 Å². The lowest BCUT2D eigenvalue weighted by molar-refractivity contribution is -0.124. The number of ether oxygens (including phenoxy) is 2. The van der Waals surface area contributed by atoms with Crippen molar-refractivity contribution >= 4 is 40.8 Å². The highest BCUT2D eigenvalue weighted by molar-refractivity contribution is 6.33.